The van der Waals surface area contributed by atoms with Crippen molar-refractivity contribution < 1.29 is 26.3 Å². The first-order chi connectivity index (χ1) is 10.2. The summed E-state index contributed by atoms with van der Waals surface area (Å²) in [5.41, 5.74) is -2.81. The fraction of sp³-hybridized carbons (Fsp3) is 0.846. The minimum absolute atomic E-state index is 0.181. The van der Waals surface area contributed by atoms with E-state index in [-0.39, 0.29) is 18.6 Å². The first-order valence-corrected chi connectivity index (χ1v) is 8.93. The molecule has 2 aliphatic heterocycles. The third-order valence-corrected chi connectivity index (χ3v) is 6.90. The first kappa shape index (κ1) is 15.9. The highest BCUT2D eigenvalue weighted by molar-refractivity contribution is 7.92. The van der Waals surface area contributed by atoms with Crippen LogP contribution in [0.5, 0.6) is 0 Å². The quantitative estimate of drug-likeness (QED) is 0.726. The molecular weight excluding hydrogens is 321 g/mol. The van der Waals surface area contributed by atoms with E-state index < -0.39 is 38.6 Å². The average Bonchev–Trinajstić information content (AvgIpc) is 2.92. The summed E-state index contributed by atoms with van der Waals surface area (Å²) in [6.07, 6.45) is 0.327. The molecular formula is C13H17F3N2O3S. The minimum atomic E-state index is -4.79. The fourth-order valence-corrected chi connectivity index (χ4v) is 5.27. The van der Waals surface area contributed by atoms with E-state index in [0.29, 0.717) is 12.8 Å². The second-order valence-electron chi connectivity index (χ2n) is 5.87. The molecule has 1 saturated heterocycles. The summed E-state index contributed by atoms with van der Waals surface area (Å²) in [5.74, 6) is -2.17. The van der Waals surface area contributed by atoms with Gasteiger partial charge in [0.25, 0.3) is 10.8 Å². The highest BCUT2D eigenvalue weighted by atomic mass is 32.2. The maximum atomic E-state index is 13.6. The molecule has 0 amide bonds. The summed E-state index contributed by atoms with van der Waals surface area (Å²) in [5, 5.41) is 4.69. The third-order valence-electron chi connectivity index (χ3n) is 4.78. The summed E-state index contributed by atoms with van der Waals surface area (Å²) < 4.78 is 70.9. The van der Waals surface area contributed by atoms with Gasteiger partial charge in [-0.1, -0.05) is 19.1 Å². The van der Waals surface area contributed by atoms with E-state index >= 15 is 0 Å². The summed E-state index contributed by atoms with van der Waals surface area (Å²) in [4.78, 5) is 0. The van der Waals surface area contributed by atoms with Crippen molar-refractivity contribution >= 4 is 9.84 Å². The van der Waals surface area contributed by atoms with Gasteiger partial charge < -0.3 is 4.74 Å². The first-order valence-electron chi connectivity index (χ1n) is 7.28. The zero-order valence-corrected chi connectivity index (χ0v) is 12.8. The molecule has 9 heteroatoms. The van der Waals surface area contributed by atoms with Crippen LogP contribution in [0.4, 0.5) is 13.2 Å². The van der Waals surface area contributed by atoms with E-state index in [1.165, 1.54) is 6.92 Å². The summed E-state index contributed by atoms with van der Waals surface area (Å²) >= 11 is 0. The van der Waals surface area contributed by atoms with Gasteiger partial charge in [0.15, 0.2) is 0 Å². The van der Waals surface area contributed by atoms with Gasteiger partial charge in [0.2, 0.25) is 9.84 Å². The Morgan fingerprint density at radius 3 is 2.32 bits per heavy atom. The zero-order valence-electron chi connectivity index (χ0n) is 12.0. The molecule has 22 heavy (non-hydrogen) atoms. The molecule has 3 aliphatic rings. The fourth-order valence-electron chi connectivity index (χ4n) is 3.69. The van der Waals surface area contributed by atoms with Crippen LogP contribution < -0.4 is 0 Å². The number of allylic oxidation sites excluding steroid dienone is 2. The largest absolute Gasteiger partial charge is 0.440 e. The molecule has 0 N–H and O–H groups in total. The number of hydrogen-bond donors (Lipinski definition) is 0. The van der Waals surface area contributed by atoms with Crippen molar-refractivity contribution in [3.05, 3.63) is 12.2 Å². The molecule has 1 aliphatic carbocycles. The van der Waals surface area contributed by atoms with Gasteiger partial charge in [-0.25, -0.2) is 8.42 Å². The van der Waals surface area contributed by atoms with Crippen molar-refractivity contribution in [3.8, 4) is 0 Å². The van der Waals surface area contributed by atoms with Crippen LogP contribution in [-0.2, 0) is 14.6 Å². The molecule has 2 unspecified atom stereocenters. The third kappa shape index (κ3) is 1.84. The molecule has 0 saturated carbocycles. The molecule has 5 nitrogen and oxygen atoms in total. The number of sulfone groups is 1. The Hall–Kier alpha value is -0.960. The van der Waals surface area contributed by atoms with E-state index in [1.54, 1.807) is 0 Å². The molecule has 3 rings (SSSR count). The van der Waals surface area contributed by atoms with Gasteiger partial charge in [0, 0.05) is 11.8 Å². The molecule has 0 aromatic heterocycles. The van der Waals surface area contributed by atoms with Crippen molar-refractivity contribution in [2.24, 2.45) is 22.1 Å². The Morgan fingerprint density at radius 2 is 1.77 bits per heavy atom. The van der Waals surface area contributed by atoms with Crippen LogP contribution in [0.2, 0.25) is 0 Å². The maximum Gasteiger partial charge on any atom is 0.440 e. The van der Waals surface area contributed by atoms with Crippen molar-refractivity contribution in [3.63, 3.8) is 0 Å². The predicted molar refractivity (Wildman–Crippen MR) is 71.5 cm³/mol. The molecule has 0 spiro atoms. The van der Waals surface area contributed by atoms with Gasteiger partial charge in [-0.05, 0) is 25.7 Å². The number of hydrogen-bond acceptors (Lipinski definition) is 5. The van der Waals surface area contributed by atoms with Crippen LogP contribution in [0, 0.1) is 11.8 Å². The van der Waals surface area contributed by atoms with Crippen molar-refractivity contribution in [1.29, 1.82) is 0 Å². The number of rotatable bonds is 2. The van der Waals surface area contributed by atoms with Crippen LogP contribution in [0.25, 0.3) is 0 Å². The second kappa shape index (κ2) is 4.77. The average molecular weight is 338 g/mol. The van der Waals surface area contributed by atoms with Crippen LogP contribution >= 0.6 is 0 Å². The van der Waals surface area contributed by atoms with Gasteiger partial charge in [-0.15, -0.1) is 10.2 Å². The number of ether oxygens (including phenoxy) is 1. The highest BCUT2D eigenvalue weighted by Crippen LogP contribution is 2.64. The molecule has 124 valence electrons. The van der Waals surface area contributed by atoms with E-state index in [9.17, 15) is 21.6 Å². The molecule has 1 fully saturated rings. The van der Waals surface area contributed by atoms with Gasteiger partial charge >= 0.3 is 6.18 Å². The van der Waals surface area contributed by atoms with Crippen molar-refractivity contribution in [2.45, 2.75) is 49.6 Å². The standard InChI is InChI=1S/C13H17F3N2O3S/c1-2-22(19,20)12-10-8-6-4-3-5-7-9(10)11(21-12,17-18-12)13(14,15)16/h3-4,9-10H,2,5-8H2,1H3/b4-3-/t9?,10?,11-,12+/m0/s1. The summed E-state index contributed by atoms with van der Waals surface area (Å²) in [6.45, 7) is 1.38. The molecule has 0 aromatic rings. The van der Waals surface area contributed by atoms with Gasteiger partial charge in [-0.2, -0.15) is 13.2 Å². The molecule has 0 aromatic carbocycles. The van der Waals surface area contributed by atoms with Crippen LogP contribution in [0.3, 0.4) is 0 Å². The maximum absolute atomic E-state index is 13.6. The van der Waals surface area contributed by atoms with E-state index in [2.05, 4.69) is 10.2 Å². The van der Waals surface area contributed by atoms with Gasteiger partial charge in [-0.3, -0.25) is 0 Å². The summed E-state index contributed by atoms with van der Waals surface area (Å²) in [7, 11) is -3.97. The van der Waals surface area contributed by atoms with Gasteiger partial charge in [0.05, 0.1) is 5.75 Å². The van der Waals surface area contributed by atoms with Gasteiger partial charge in [0.1, 0.15) is 0 Å². The summed E-state index contributed by atoms with van der Waals surface area (Å²) in [6, 6.07) is 0. The lowest BCUT2D eigenvalue weighted by Gasteiger charge is -2.34. The number of halogens is 3. The monoisotopic (exact) mass is 338 g/mol. The normalized spacial score (nSPS) is 42.7. The number of azo groups is 1. The Balaban J connectivity index is 2.16. The van der Waals surface area contributed by atoms with E-state index in [1.807, 2.05) is 12.2 Å². The zero-order chi connectivity index (χ0) is 16.2. The predicted octanol–water partition coefficient (Wildman–Crippen LogP) is 3.19. The van der Waals surface area contributed by atoms with E-state index in [4.69, 9.17) is 4.74 Å². The number of fused-ring (bicyclic) bond motifs is 5. The highest BCUT2D eigenvalue weighted by Gasteiger charge is 2.80. The minimum Gasteiger partial charge on any atom is -0.301 e. The molecule has 2 bridgehead atoms. The molecule has 2 heterocycles. The van der Waals surface area contributed by atoms with Crippen molar-refractivity contribution in [1.82, 2.24) is 0 Å². The Labute approximate surface area is 126 Å². The van der Waals surface area contributed by atoms with E-state index in [0.717, 1.165) is 0 Å². The lowest BCUT2D eigenvalue weighted by Crippen LogP contribution is -2.48. The Kier molecular flexibility index (Phi) is 3.45. The number of alkyl halides is 3. The SMILES string of the molecule is CCS(=O)(=O)[C@]12N=N[C@](C(F)(F)F)(O1)C1CC/C=C\CCC12. The lowest BCUT2D eigenvalue weighted by molar-refractivity contribution is -0.273. The van der Waals surface area contributed by atoms with Crippen LogP contribution in [-0.4, -0.2) is 31.1 Å². The number of nitrogens with zero attached hydrogens (tertiary/aromatic N) is 2. The van der Waals surface area contributed by atoms with Crippen LogP contribution in [0.1, 0.15) is 32.6 Å². The lowest BCUT2D eigenvalue weighted by atomic mass is 9.77. The Bertz CT molecular complexity index is 631. The second-order valence-corrected chi connectivity index (χ2v) is 8.26. The van der Waals surface area contributed by atoms with Crippen molar-refractivity contribution in [2.75, 3.05) is 5.75 Å². The van der Waals surface area contributed by atoms with Crippen LogP contribution in [0.15, 0.2) is 22.4 Å². The topological polar surface area (TPSA) is 68.1 Å². The molecule has 0 radical (unpaired) electrons. The molecule has 4 atom stereocenters. The Morgan fingerprint density at radius 1 is 1.18 bits per heavy atom. The smallest absolute Gasteiger partial charge is 0.301 e.